The molecule has 65 heavy (non-hydrogen) atoms. The lowest BCUT2D eigenvalue weighted by Gasteiger charge is -2.36. The van der Waals surface area contributed by atoms with Crippen LogP contribution in [0, 0.1) is 0 Å². The van der Waals surface area contributed by atoms with Gasteiger partial charge in [-0.3, -0.25) is 0 Å². The van der Waals surface area contributed by atoms with Gasteiger partial charge in [-0.05, 0) is 138 Å². The number of hydrogen-bond acceptors (Lipinski definition) is 0. The highest BCUT2D eigenvalue weighted by Gasteiger charge is 2.54. The summed E-state index contributed by atoms with van der Waals surface area (Å²) in [6.45, 7) is 14.3. The summed E-state index contributed by atoms with van der Waals surface area (Å²) in [6.07, 6.45) is 0. The molecule has 0 aliphatic heterocycles. The van der Waals surface area contributed by atoms with E-state index in [9.17, 15) is 0 Å². The molecule has 1 spiro atoms. The van der Waals surface area contributed by atoms with Gasteiger partial charge in [0, 0.05) is 32.9 Å². The SMILES string of the molecule is CC(C)(C)c1cc2c(c(C(C)(C)C)c1)C1(c3ccccc3-c3ccccc31)c1cc(-n3c4ccccc4c4cc(-c5ccc6c(c5)c5ccccc5n6-c5ccccc5)ccc43)ccc1-2. The molecule has 0 fully saturated rings. The minimum absolute atomic E-state index is 0.00893. The molecule has 2 aliphatic carbocycles. The van der Waals surface area contributed by atoms with Crippen LogP contribution in [0.4, 0.5) is 0 Å². The summed E-state index contributed by atoms with van der Waals surface area (Å²) in [5.41, 5.74) is 22.8. The van der Waals surface area contributed by atoms with E-state index in [4.69, 9.17) is 0 Å². The molecule has 2 heteroatoms. The molecule has 0 radical (unpaired) electrons. The molecular weight excluding hydrogens is 785 g/mol. The normalized spacial score (nSPS) is 13.8. The first-order valence-corrected chi connectivity index (χ1v) is 23.2. The first-order valence-electron chi connectivity index (χ1n) is 23.2. The van der Waals surface area contributed by atoms with Crippen LogP contribution in [0.15, 0.2) is 194 Å². The Kier molecular flexibility index (Phi) is 7.80. The summed E-state index contributed by atoms with van der Waals surface area (Å²) in [5.74, 6) is 0. The van der Waals surface area contributed by atoms with E-state index in [-0.39, 0.29) is 10.8 Å². The predicted molar refractivity (Wildman–Crippen MR) is 274 cm³/mol. The van der Waals surface area contributed by atoms with Crippen LogP contribution < -0.4 is 0 Å². The molecule has 2 aromatic heterocycles. The maximum absolute atomic E-state index is 2.55. The van der Waals surface area contributed by atoms with Gasteiger partial charge in [0.25, 0.3) is 0 Å². The molecule has 0 saturated heterocycles. The van der Waals surface area contributed by atoms with Crippen LogP contribution in [0.3, 0.4) is 0 Å². The molecule has 0 atom stereocenters. The maximum Gasteiger partial charge on any atom is 0.0729 e. The Labute approximate surface area is 381 Å². The monoisotopic (exact) mass is 834 g/mol. The molecule has 2 heterocycles. The number of nitrogens with zero attached hydrogens (tertiary/aromatic N) is 2. The zero-order valence-electron chi connectivity index (χ0n) is 37.9. The first kappa shape index (κ1) is 38.1. The molecule has 9 aromatic carbocycles. The highest BCUT2D eigenvalue weighted by Crippen LogP contribution is 2.65. The summed E-state index contributed by atoms with van der Waals surface area (Å²) < 4.78 is 4.90. The largest absolute Gasteiger partial charge is 0.309 e. The van der Waals surface area contributed by atoms with Crippen LogP contribution in [0.1, 0.15) is 74.9 Å². The van der Waals surface area contributed by atoms with Gasteiger partial charge in [0.2, 0.25) is 0 Å². The maximum atomic E-state index is 2.55. The van der Waals surface area contributed by atoms with Gasteiger partial charge in [-0.2, -0.15) is 0 Å². The van der Waals surface area contributed by atoms with Gasteiger partial charge in [0.05, 0.1) is 27.5 Å². The molecule has 0 unspecified atom stereocenters. The van der Waals surface area contributed by atoms with Crippen molar-refractivity contribution in [2.24, 2.45) is 0 Å². The minimum Gasteiger partial charge on any atom is -0.309 e. The fourth-order valence-electron chi connectivity index (χ4n) is 11.9. The van der Waals surface area contributed by atoms with Gasteiger partial charge in [-0.15, -0.1) is 0 Å². The molecule has 0 bridgehead atoms. The Morgan fingerprint density at radius 2 is 0.831 bits per heavy atom. The van der Waals surface area contributed by atoms with Crippen molar-refractivity contribution >= 4 is 43.6 Å². The molecule has 2 nitrogen and oxygen atoms in total. The number of fused-ring (bicyclic) bond motifs is 16. The molecule has 13 rings (SSSR count). The topological polar surface area (TPSA) is 9.86 Å². The number of hydrogen-bond donors (Lipinski definition) is 0. The van der Waals surface area contributed by atoms with Crippen molar-refractivity contribution in [3.05, 3.63) is 228 Å². The zero-order valence-corrected chi connectivity index (χ0v) is 37.9. The standard InChI is InChI=1S/C63H50N2/c1-61(2,3)41-36-51-46-31-30-43(38-54(46)63(60(51)55(37-41)62(4,5)6)52-24-14-10-20-44(52)45-21-11-15-25-53(45)63)65-57-27-17-13-23-48(57)50-35-40(29-33-59(50)65)39-28-32-58-49(34-39)47-22-12-16-26-56(47)64(58)42-18-8-7-9-19-42/h7-38H,1-6H3. The highest BCUT2D eigenvalue weighted by molar-refractivity contribution is 6.13. The van der Waals surface area contributed by atoms with E-state index >= 15 is 0 Å². The van der Waals surface area contributed by atoms with Crippen molar-refractivity contribution in [3.63, 3.8) is 0 Å². The van der Waals surface area contributed by atoms with Gasteiger partial charge >= 0.3 is 0 Å². The Morgan fingerprint density at radius 1 is 0.338 bits per heavy atom. The van der Waals surface area contributed by atoms with Crippen molar-refractivity contribution in [1.82, 2.24) is 9.13 Å². The van der Waals surface area contributed by atoms with Crippen LogP contribution in [-0.4, -0.2) is 9.13 Å². The average Bonchev–Trinajstić information content (AvgIpc) is 4.02. The molecule has 312 valence electrons. The fraction of sp³-hybridized carbons (Fsp3) is 0.143. The number of rotatable bonds is 3. The van der Waals surface area contributed by atoms with Crippen molar-refractivity contribution in [3.8, 4) is 44.8 Å². The van der Waals surface area contributed by atoms with Gasteiger partial charge < -0.3 is 9.13 Å². The van der Waals surface area contributed by atoms with Gasteiger partial charge in [0.15, 0.2) is 0 Å². The molecule has 0 N–H and O–H groups in total. The second kappa shape index (κ2) is 13.3. The third kappa shape index (κ3) is 5.23. The van der Waals surface area contributed by atoms with E-state index in [1.165, 1.54) is 122 Å². The molecule has 11 aromatic rings. The fourth-order valence-corrected chi connectivity index (χ4v) is 11.9. The van der Waals surface area contributed by atoms with Crippen molar-refractivity contribution in [1.29, 1.82) is 0 Å². The first-order chi connectivity index (χ1) is 31.5. The van der Waals surface area contributed by atoms with Crippen LogP contribution in [-0.2, 0) is 16.2 Å². The summed E-state index contributed by atoms with van der Waals surface area (Å²) in [7, 11) is 0. The van der Waals surface area contributed by atoms with Crippen LogP contribution in [0.2, 0.25) is 0 Å². The Hall–Kier alpha value is -7.42. The van der Waals surface area contributed by atoms with E-state index in [2.05, 4.69) is 245 Å². The van der Waals surface area contributed by atoms with Crippen LogP contribution >= 0.6 is 0 Å². The van der Waals surface area contributed by atoms with Crippen molar-refractivity contribution < 1.29 is 0 Å². The smallest absolute Gasteiger partial charge is 0.0729 e. The molecular formula is C63H50N2. The van der Waals surface area contributed by atoms with Gasteiger partial charge in [-0.1, -0.05) is 175 Å². The van der Waals surface area contributed by atoms with E-state index < -0.39 is 5.41 Å². The van der Waals surface area contributed by atoms with Gasteiger partial charge in [-0.25, -0.2) is 0 Å². The van der Waals surface area contributed by atoms with Gasteiger partial charge in [0.1, 0.15) is 0 Å². The predicted octanol–water partition coefficient (Wildman–Crippen LogP) is 16.5. The Balaban J connectivity index is 1.04. The average molecular weight is 835 g/mol. The van der Waals surface area contributed by atoms with E-state index in [1.807, 2.05) is 0 Å². The number of para-hydroxylation sites is 3. The summed E-state index contributed by atoms with van der Waals surface area (Å²) in [4.78, 5) is 0. The lowest BCUT2D eigenvalue weighted by atomic mass is 9.65. The van der Waals surface area contributed by atoms with E-state index in [1.54, 1.807) is 0 Å². The zero-order chi connectivity index (χ0) is 44.0. The summed E-state index contributed by atoms with van der Waals surface area (Å²) >= 11 is 0. The number of benzene rings is 9. The number of aromatic nitrogens is 2. The third-order valence-corrected chi connectivity index (χ3v) is 14.8. The lowest BCUT2D eigenvalue weighted by Crippen LogP contribution is -2.30. The highest BCUT2D eigenvalue weighted by atomic mass is 15.0. The van der Waals surface area contributed by atoms with Crippen molar-refractivity contribution in [2.45, 2.75) is 57.8 Å². The lowest BCUT2D eigenvalue weighted by molar-refractivity contribution is 0.558. The minimum atomic E-state index is -0.471. The Morgan fingerprint density at radius 3 is 1.40 bits per heavy atom. The molecule has 2 aliphatic rings. The summed E-state index contributed by atoms with van der Waals surface area (Å²) in [6, 6.07) is 73.4. The van der Waals surface area contributed by atoms with Crippen LogP contribution in [0.5, 0.6) is 0 Å². The van der Waals surface area contributed by atoms with Crippen LogP contribution in [0.25, 0.3) is 88.4 Å². The third-order valence-electron chi connectivity index (χ3n) is 14.8. The van der Waals surface area contributed by atoms with E-state index in [0.29, 0.717) is 0 Å². The van der Waals surface area contributed by atoms with Crippen molar-refractivity contribution in [2.75, 3.05) is 0 Å². The Bertz CT molecular complexity index is 3740. The summed E-state index contributed by atoms with van der Waals surface area (Å²) in [5, 5.41) is 5.03. The molecule has 0 amide bonds. The molecule has 0 saturated carbocycles. The quantitative estimate of drug-likeness (QED) is 0.168. The van der Waals surface area contributed by atoms with E-state index in [0.717, 1.165) is 0 Å². The second-order valence-corrected chi connectivity index (χ2v) is 20.5. The second-order valence-electron chi connectivity index (χ2n) is 20.5.